The summed E-state index contributed by atoms with van der Waals surface area (Å²) in [6.45, 7) is 1.86. The Morgan fingerprint density at radius 1 is 1.05 bits per heavy atom. The molecule has 1 N–H and O–H groups in total. The molecule has 8 heteroatoms. The van der Waals surface area contributed by atoms with Crippen molar-refractivity contribution >= 4 is 70.8 Å². The van der Waals surface area contributed by atoms with E-state index in [0.717, 1.165) is 5.56 Å². The lowest BCUT2D eigenvalue weighted by molar-refractivity contribution is 0.601. The van der Waals surface area contributed by atoms with E-state index >= 15 is 0 Å². The average molecular weight is 474 g/mol. The summed E-state index contributed by atoms with van der Waals surface area (Å²) < 4.78 is 28.7. The van der Waals surface area contributed by atoms with E-state index in [1.54, 1.807) is 12.1 Å². The van der Waals surface area contributed by atoms with Gasteiger partial charge in [0, 0.05) is 8.95 Å². The Hall–Kier alpha value is -0.270. The van der Waals surface area contributed by atoms with E-state index in [9.17, 15) is 8.42 Å². The Labute approximate surface area is 150 Å². The number of rotatable bonds is 3. The lowest BCUT2D eigenvalue weighted by Gasteiger charge is -2.13. The Balaban J connectivity index is 2.51. The zero-order valence-corrected chi connectivity index (χ0v) is 16.1. The van der Waals surface area contributed by atoms with Crippen LogP contribution in [-0.2, 0) is 10.0 Å². The summed E-state index contributed by atoms with van der Waals surface area (Å²) in [5, 5.41) is 0.0938. The molecule has 0 amide bonds. The quantitative estimate of drug-likeness (QED) is 0.628. The SMILES string of the molecule is Cc1ccc(Br)c(NS(=O)(=O)c2c(Cl)cc(Br)cc2Cl)c1. The molecule has 0 heterocycles. The van der Waals surface area contributed by atoms with Crippen LogP contribution in [-0.4, -0.2) is 8.42 Å². The fraction of sp³-hybridized carbons (Fsp3) is 0.0769. The monoisotopic (exact) mass is 471 g/mol. The third-order valence-corrected chi connectivity index (χ3v) is 6.03. The van der Waals surface area contributed by atoms with E-state index in [1.165, 1.54) is 12.1 Å². The van der Waals surface area contributed by atoms with Gasteiger partial charge in [0.1, 0.15) is 4.90 Å². The zero-order chi connectivity index (χ0) is 15.8. The van der Waals surface area contributed by atoms with Gasteiger partial charge in [0.15, 0.2) is 0 Å². The molecule has 0 aliphatic rings. The topological polar surface area (TPSA) is 46.2 Å². The van der Waals surface area contributed by atoms with Crippen LogP contribution in [0.3, 0.4) is 0 Å². The Kier molecular flexibility index (Phi) is 5.26. The highest BCUT2D eigenvalue weighted by Gasteiger charge is 2.23. The summed E-state index contributed by atoms with van der Waals surface area (Å²) in [4.78, 5) is -0.151. The summed E-state index contributed by atoms with van der Waals surface area (Å²) in [6, 6.07) is 8.29. The molecule has 2 aromatic rings. The first-order chi connectivity index (χ1) is 9.70. The summed E-state index contributed by atoms with van der Waals surface area (Å²) in [5.41, 5.74) is 1.34. The maximum absolute atomic E-state index is 12.5. The van der Waals surface area contributed by atoms with Gasteiger partial charge < -0.3 is 0 Å². The molecule has 0 unspecified atom stereocenters. The first kappa shape index (κ1) is 17.1. The molecular weight excluding hydrogens is 465 g/mol. The third-order valence-electron chi connectivity index (χ3n) is 2.60. The van der Waals surface area contributed by atoms with Crippen LogP contribution < -0.4 is 4.72 Å². The number of nitrogens with one attached hydrogen (secondary N) is 1. The molecule has 3 nitrogen and oxygen atoms in total. The van der Waals surface area contributed by atoms with Crippen LogP contribution in [0.25, 0.3) is 0 Å². The molecule has 0 aromatic heterocycles. The average Bonchev–Trinajstić information content (AvgIpc) is 2.31. The molecule has 0 aliphatic carbocycles. The van der Waals surface area contributed by atoms with Gasteiger partial charge >= 0.3 is 0 Å². The number of halogens is 4. The highest BCUT2D eigenvalue weighted by atomic mass is 79.9. The number of anilines is 1. The Morgan fingerprint density at radius 3 is 2.19 bits per heavy atom. The summed E-state index contributed by atoms with van der Waals surface area (Å²) in [5.74, 6) is 0. The van der Waals surface area contributed by atoms with Gasteiger partial charge in [-0.15, -0.1) is 0 Å². The smallest absolute Gasteiger partial charge is 0.264 e. The van der Waals surface area contributed by atoms with Crippen LogP contribution in [0.5, 0.6) is 0 Å². The van der Waals surface area contributed by atoms with Gasteiger partial charge in [-0.1, -0.05) is 45.2 Å². The predicted molar refractivity (Wildman–Crippen MR) is 93.8 cm³/mol. The fourth-order valence-corrected chi connectivity index (χ4v) is 5.19. The van der Waals surface area contributed by atoms with Crippen molar-refractivity contribution in [2.75, 3.05) is 4.72 Å². The number of benzene rings is 2. The van der Waals surface area contributed by atoms with E-state index in [0.29, 0.717) is 14.6 Å². The van der Waals surface area contributed by atoms with Crippen LogP contribution in [0.1, 0.15) is 5.56 Å². The highest BCUT2D eigenvalue weighted by Crippen LogP contribution is 2.35. The minimum atomic E-state index is -3.90. The maximum atomic E-state index is 12.5. The molecule has 0 saturated heterocycles. The third kappa shape index (κ3) is 3.93. The van der Waals surface area contributed by atoms with E-state index in [1.807, 2.05) is 13.0 Å². The van der Waals surface area contributed by atoms with Crippen LogP contribution in [0.2, 0.25) is 10.0 Å². The largest absolute Gasteiger partial charge is 0.278 e. The van der Waals surface area contributed by atoms with E-state index in [-0.39, 0.29) is 14.9 Å². The molecule has 0 saturated carbocycles. The van der Waals surface area contributed by atoms with Crippen molar-refractivity contribution in [2.24, 2.45) is 0 Å². The molecule has 0 bridgehead atoms. The Morgan fingerprint density at radius 2 is 1.62 bits per heavy atom. The fourth-order valence-electron chi connectivity index (χ4n) is 1.70. The minimum absolute atomic E-state index is 0.0469. The second-order valence-corrected chi connectivity index (χ2v) is 8.49. The molecule has 0 aliphatic heterocycles. The lowest BCUT2D eigenvalue weighted by Crippen LogP contribution is -2.14. The van der Waals surface area contributed by atoms with Gasteiger partial charge in [-0.2, -0.15) is 0 Å². The maximum Gasteiger partial charge on any atom is 0.264 e. The van der Waals surface area contributed by atoms with E-state index < -0.39 is 10.0 Å². The number of sulfonamides is 1. The van der Waals surface area contributed by atoms with Gasteiger partial charge in [0.25, 0.3) is 10.0 Å². The summed E-state index contributed by atoms with van der Waals surface area (Å²) >= 11 is 18.5. The van der Waals surface area contributed by atoms with Gasteiger partial charge in [-0.05, 0) is 52.7 Å². The number of hydrogen-bond donors (Lipinski definition) is 1. The van der Waals surface area contributed by atoms with Crippen molar-refractivity contribution in [3.05, 3.63) is 54.9 Å². The molecule has 0 spiro atoms. The van der Waals surface area contributed by atoms with Crippen molar-refractivity contribution in [3.8, 4) is 0 Å². The molecule has 21 heavy (non-hydrogen) atoms. The molecule has 2 rings (SSSR count). The van der Waals surface area contributed by atoms with E-state index in [2.05, 4.69) is 36.6 Å². The predicted octanol–water partition coefficient (Wildman–Crippen LogP) is 5.63. The summed E-state index contributed by atoms with van der Waals surface area (Å²) in [7, 11) is -3.90. The molecular formula is C13H9Br2Cl2NO2S. The lowest BCUT2D eigenvalue weighted by atomic mass is 10.2. The molecule has 0 radical (unpaired) electrons. The van der Waals surface area contributed by atoms with Crippen LogP contribution >= 0.6 is 55.1 Å². The van der Waals surface area contributed by atoms with Gasteiger partial charge in [0.05, 0.1) is 15.7 Å². The number of hydrogen-bond acceptors (Lipinski definition) is 2. The van der Waals surface area contributed by atoms with Crippen molar-refractivity contribution < 1.29 is 8.42 Å². The number of aryl methyl sites for hydroxylation is 1. The molecule has 0 fully saturated rings. The molecule has 0 atom stereocenters. The first-order valence-corrected chi connectivity index (χ1v) is 9.47. The van der Waals surface area contributed by atoms with E-state index in [4.69, 9.17) is 23.2 Å². The zero-order valence-electron chi connectivity index (χ0n) is 10.6. The van der Waals surface area contributed by atoms with Gasteiger partial charge in [0.2, 0.25) is 0 Å². The van der Waals surface area contributed by atoms with Gasteiger partial charge in [-0.25, -0.2) is 8.42 Å². The highest BCUT2D eigenvalue weighted by molar-refractivity contribution is 9.10. The molecule has 112 valence electrons. The van der Waals surface area contributed by atoms with Crippen LogP contribution in [0.15, 0.2) is 44.2 Å². The van der Waals surface area contributed by atoms with Crippen LogP contribution in [0, 0.1) is 6.92 Å². The van der Waals surface area contributed by atoms with Crippen molar-refractivity contribution in [1.82, 2.24) is 0 Å². The summed E-state index contributed by atoms with van der Waals surface area (Å²) in [6.07, 6.45) is 0. The second-order valence-electron chi connectivity index (χ2n) is 4.29. The molecule has 2 aromatic carbocycles. The normalized spacial score (nSPS) is 11.5. The standard InChI is InChI=1S/C13H9Br2Cl2NO2S/c1-7-2-3-9(15)12(4-7)18-21(19,20)13-10(16)5-8(14)6-11(13)17/h2-6,18H,1H3. The van der Waals surface area contributed by atoms with Crippen LogP contribution in [0.4, 0.5) is 5.69 Å². The van der Waals surface area contributed by atoms with Gasteiger partial charge in [-0.3, -0.25) is 4.72 Å². The van der Waals surface area contributed by atoms with Crippen molar-refractivity contribution in [3.63, 3.8) is 0 Å². The first-order valence-electron chi connectivity index (χ1n) is 5.64. The van der Waals surface area contributed by atoms with Crippen molar-refractivity contribution in [1.29, 1.82) is 0 Å². The van der Waals surface area contributed by atoms with Crippen molar-refractivity contribution in [2.45, 2.75) is 11.8 Å². The second kappa shape index (κ2) is 6.46. The Bertz CT molecular complexity index is 787. The minimum Gasteiger partial charge on any atom is -0.278 e.